The summed E-state index contributed by atoms with van der Waals surface area (Å²) in [6.45, 7) is 1.55. The SMILES string of the molecule is Cc1c(C(F)F)cc(Br)nc1CC#N. The third-order valence-corrected chi connectivity index (χ3v) is 2.27. The maximum absolute atomic E-state index is 12.5. The monoisotopic (exact) mass is 260 g/mol. The van der Waals surface area contributed by atoms with E-state index in [9.17, 15) is 8.78 Å². The fourth-order valence-corrected chi connectivity index (χ4v) is 1.58. The zero-order valence-electron chi connectivity index (χ0n) is 7.39. The highest BCUT2D eigenvalue weighted by Crippen LogP contribution is 2.26. The van der Waals surface area contributed by atoms with Crippen LogP contribution < -0.4 is 0 Å². The molecule has 0 saturated carbocycles. The molecule has 1 heterocycles. The highest BCUT2D eigenvalue weighted by atomic mass is 79.9. The van der Waals surface area contributed by atoms with E-state index in [-0.39, 0.29) is 12.0 Å². The number of aromatic nitrogens is 1. The Morgan fingerprint density at radius 2 is 2.29 bits per heavy atom. The number of hydrogen-bond acceptors (Lipinski definition) is 2. The van der Waals surface area contributed by atoms with Crippen LogP contribution in [0.5, 0.6) is 0 Å². The summed E-state index contributed by atoms with van der Waals surface area (Å²) in [6, 6.07) is 3.17. The topological polar surface area (TPSA) is 36.7 Å². The van der Waals surface area contributed by atoms with Crippen LogP contribution in [0.3, 0.4) is 0 Å². The molecule has 0 aliphatic rings. The molecule has 0 saturated heterocycles. The summed E-state index contributed by atoms with van der Waals surface area (Å²) in [4.78, 5) is 3.97. The number of pyridine rings is 1. The van der Waals surface area contributed by atoms with Gasteiger partial charge in [0.15, 0.2) is 0 Å². The zero-order valence-corrected chi connectivity index (χ0v) is 8.98. The van der Waals surface area contributed by atoms with Crippen molar-refractivity contribution in [1.82, 2.24) is 4.98 Å². The van der Waals surface area contributed by atoms with Gasteiger partial charge in [-0.1, -0.05) is 0 Å². The van der Waals surface area contributed by atoms with E-state index in [1.165, 1.54) is 6.07 Å². The standard InChI is InChI=1S/C9H7BrF2N2/c1-5-6(9(11)12)4-8(10)14-7(5)2-3-13/h4,9H,2H2,1H3. The highest BCUT2D eigenvalue weighted by Gasteiger charge is 2.15. The van der Waals surface area contributed by atoms with E-state index in [1.54, 1.807) is 6.92 Å². The lowest BCUT2D eigenvalue weighted by Crippen LogP contribution is -1.99. The largest absolute Gasteiger partial charge is 0.264 e. The molecular formula is C9H7BrF2N2. The summed E-state index contributed by atoms with van der Waals surface area (Å²) in [5.74, 6) is 0. The van der Waals surface area contributed by atoms with Crippen molar-refractivity contribution in [2.45, 2.75) is 19.8 Å². The first kappa shape index (κ1) is 11.1. The van der Waals surface area contributed by atoms with Crippen molar-refractivity contribution < 1.29 is 8.78 Å². The van der Waals surface area contributed by atoms with Crippen molar-refractivity contribution in [3.8, 4) is 6.07 Å². The predicted octanol–water partition coefficient (Wildman–Crippen LogP) is 3.16. The molecule has 14 heavy (non-hydrogen) atoms. The van der Waals surface area contributed by atoms with E-state index >= 15 is 0 Å². The maximum Gasteiger partial charge on any atom is 0.264 e. The molecule has 0 unspecified atom stereocenters. The lowest BCUT2D eigenvalue weighted by Gasteiger charge is -2.08. The number of halogens is 3. The summed E-state index contributed by atoms with van der Waals surface area (Å²) in [7, 11) is 0. The van der Waals surface area contributed by atoms with Gasteiger partial charge in [-0.3, -0.25) is 0 Å². The molecule has 74 valence electrons. The molecule has 0 amide bonds. The predicted molar refractivity (Wildman–Crippen MR) is 50.9 cm³/mol. The van der Waals surface area contributed by atoms with Crippen LogP contribution in [0.1, 0.15) is 23.2 Å². The summed E-state index contributed by atoms with van der Waals surface area (Å²) in [6.07, 6.45) is -2.49. The third kappa shape index (κ3) is 2.26. The summed E-state index contributed by atoms with van der Waals surface area (Å²) >= 11 is 3.03. The second-order valence-corrected chi connectivity index (χ2v) is 3.55. The van der Waals surface area contributed by atoms with Crippen molar-refractivity contribution in [1.29, 1.82) is 5.26 Å². The molecule has 0 atom stereocenters. The number of nitriles is 1. The fourth-order valence-electron chi connectivity index (χ4n) is 1.12. The minimum absolute atomic E-state index is 0.0466. The van der Waals surface area contributed by atoms with Gasteiger partial charge in [0.25, 0.3) is 6.43 Å². The van der Waals surface area contributed by atoms with E-state index in [4.69, 9.17) is 5.26 Å². The molecule has 1 aromatic rings. The molecule has 0 aliphatic heterocycles. The van der Waals surface area contributed by atoms with E-state index in [1.807, 2.05) is 6.07 Å². The van der Waals surface area contributed by atoms with Gasteiger partial charge in [-0.2, -0.15) is 5.26 Å². The smallest absolute Gasteiger partial charge is 0.245 e. The van der Waals surface area contributed by atoms with Gasteiger partial charge in [0.1, 0.15) is 4.60 Å². The molecule has 2 nitrogen and oxygen atoms in total. The Kier molecular flexibility index (Phi) is 3.53. The molecule has 0 spiro atoms. The van der Waals surface area contributed by atoms with Crippen LogP contribution in [-0.2, 0) is 6.42 Å². The van der Waals surface area contributed by atoms with Crippen molar-refractivity contribution >= 4 is 15.9 Å². The van der Waals surface area contributed by atoms with Crippen LogP contribution in [-0.4, -0.2) is 4.98 Å². The lowest BCUT2D eigenvalue weighted by atomic mass is 10.1. The van der Waals surface area contributed by atoms with Gasteiger partial charge in [0.2, 0.25) is 0 Å². The van der Waals surface area contributed by atoms with Crippen molar-refractivity contribution in [2.75, 3.05) is 0 Å². The van der Waals surface area contributed by atoms with Gasteiger partial charge >= 0.3 is 0 Å². The van der Waals surface area contributed by atoms with E-state index < -0.39 is 6.43 Å². The van der Waals surface area contributed by atoms with E-state index in [0.717, 1.165) is 0 Å². The number of rotatable bonds is 2. The fraction of sp³-hybridized carbons (Fsp3) is 0.333. The molecule has 0 N–H and O–H groups in total. The molecule has 0 fully saturated rings. The Bertz CT molecular complexity index is 385. The van der Waals surface area contributed by atoms with Gasteiger partial charge < -0.3 is 0 Å². The first-order valence-electron chi connectivity index (χ1n) is 3.87. The molecule has 0 radical (unpaired) electrons. The highest BCUT2D eigenvalue weighted by molar-refractivity contribution is 9.10. The van der Waals surface area contributed by atoms with Crippen LogP contribution in [0.25, 0.3) is 0 Å². The first-order valence-corrected chi connectivity index (χ1v) is 4.66. The Morgan fingerprint density at radius 3 is 2.79 bits per heavy atom. The second kappa shape index (κ2) is 4.47. The Hall–Kier alpha value is -1.02. The van der Waals surface area contributed by atoms with Crippen molar-refractivity contribution in [2.24, 2.45) is 0 Å². The van der Waals surface area contributed by atoms with E-state index in [2.05, 4.69) is 20.9 Å². The normalized spacial score (nSPS) is 10.3. The van der Waals surface area contributed by atoms with Crippen LogP contribution in [0.4, 0.5) is 8.78 Å². The molecule has 0 bridgehead atoms. The van der Waals surface area contributed by atoms with Crippen LogP contribution in [0.15, 0.2) is 10.7 Å². The molecular weight excluding hydrogens is 254 g/mol. The minimum Gasteiger partial charge on any atom is -0.245 e. The maximum atomic E-state index is 12.5. The van der Waals surface area contributed by atoms with Crippen molar-refractivity contribution in [3.63, 3.8) is 0 Å². The molecule has 0 aromatic carbocycles. The van der Waals surface area contributed by atoms with Gasteiger partial charge in [0, 0.05) is 5.56 Å². The van der Waals surface area contributed by atoms with Crippen molar-refractivity contribution in [3.05, 3.63) is 27.5 Å². The van der Waals surface area contributed by atoms with Gasteiger partial charge in [-0.15, -0.1) is 0 Å². The van der Waals surface area contributed by atoms with Gasteiger partial charge in [0.05, 0.1) is 18.2 Å². The Balaban J connectivity index is 3.26. The molecule has 5 heteroatoms. The average molecular weight is 261 g/mol. The summed E-state index contributed by atoms with van der Waals surface area (Å²) < 4.78 is 25.3. The number of nitrogens with zero attached hydrogens (tertiary/aromatic N) is 2. The number of hydrogen-bond donors (Lipinski definition) is 0. The molecule has 1 aromatic heterocycles. The van der Waals surface area contributed by atoms with Gasteiger partial charge in [-0.25, -0.2) is 13.8 Å². The van der Waals surface area contributed by atoms with Crippen LogP contribution in [0, 0.1) is 18.3 Å². The van der Waals surface area contributed by atoms with Crippen LogP contribution in [0.2, 0.25) is 0 Å². The summed E-state index contributed by atoms with van der Waals surface area (Å²) in [5.41, 5.74) is 0.721. The average Bonchev–Trinajstić information content (AvgIpc) is 2.10. The zero-order chi connectivity index (χ0) is 10.7. The summed E-state index contributed by atoms with van der Waals surface area (Å²) in [5, 5.41) is 8.47. The number of alkyl halides is 2. The Labute approximate surface area is 88.7 Å². The first-order chi connectivity index (χ1) is 6.56. The van der Waals surface area contributed by atoms with Crippen LogP contribution >= 0.6 is 15.9 Å². The Morgan fingerprint density at radius 1 is 1.64 bits per heavy atom. The third-order valence-electron chi connectivity index (χ3n) is 1.86. The minimum atomic E-state index is -2.54. The van der Waals surface area contributed by atoms with Gasteiger partial charge in [-0.05, 0) is 34.5 Å². The lowest BCUT2D eigenvalue weighted by molar-refractivity contribution is 0.150. The molecule has 0 aliphatic carbocycles. The quantitative estimate of drug-likeness (QED) is 0.766. The van der Waals surface area contributed by atoms with E-state index in [0.29, 0.717) is 15.9 Å². The second-order valence-electron chi connectivity index (χ2n) is 2.74. The molecule has 1 rings (SSSR count).